The molecule has 1 aliphatic heterocycles. The van der Waals surface area contributed by atoms with E-state index in [4.69, 9.17) is 9.47 Å². The molecule has 5 heterocycles. The van der Waals surface area contributed by atoms with Crippen molar-refractivity contribution in [3.63, 3.8) is 0 Å². The SMILES string of the molecule is Cc1c(-c2cc(OCC(OC(C)C)c3ncc(F)cc3F)c3c(C#N)cnn3c2)nnn1C1CCN(C(=O)O)CC1. The molecule has 0 radical (unpaired) electrons. The number of hydrogen-bond acceptors (Lipinski definition) is 8. The molecule has 0 aliphatic carbocycles. The molecule has 1 fully saturated rings. The van der Waals surface area contributed by atoms with Crippen molar-refractivity contribution in [1.82, 2.24) is 34.5 Å². The second kappa shape index (κ2) is 11.5. The highest BCUT2D eigenvalue weighted by Crippen LogP contribution is 2.33. The predicted molar refractivity (Wildman–Crippen MR) is 140 cm³/mol. The molecule has 1 aliphatic rings. The fourth-order valence-corrected chi connectivity index (χ4v) is 5.00. The van der Waals surface area contributed by atoms with E-state index in [0.717, 1.165) is 18.0 Å². The second-order valence-electron chi connectivity index (χ2n) is 10.0. The lowest BCUT2D eigenvalue weighted by Crippen LogP contribution is -2.38. The number of ether oxygens (including phenoxy) is 2. The van der Waals surface area contributed by atoms with Crippen molar-refractivity contribution in [2.24, 2.45) is 0 Å². The molecule has 0 saturated carbocycles. The maximum Gasteiger partial charge on any atom is 0.407 e. The van der Waals surface area contributed by atoms with Gasteiger partial charge in [0.25, 0.3) is 0 Å². The summed E-state index contributed by atoms with van der Waals surface area (Å²) < 4.78 is 43.4. The van der Waals surface area contributed by atoms with Gasteiger partial charge in [0.1, 0.15) is 58.6 Å². The minimum atomic E-state index is -0.966. The molecule has 0 spiro atoms. The number of nitriles is 1. The molecule has 41 heavy (non-hydrogen) atoms. The van der Waals surface area contributed by atoms with Gasteiger partial charge >= 0.3 is 6.09 Å². The summed E-state index contributed by atoms with van der Waals surface area (Å²) in [7, 11) is 0. The van der Waals surface area contributed by atoms with E-state index in [9.17, 15) is 23.9 Å². The Kier molecular flexibility index (Phi) is 7.80. The first-order valence-corrected chi connectivity index (χ1v) is 13.1. The van der Waals surface area contributed by atoms with Crippen LogP contribution < -0.4 is 4.74 Å². The largest absolute Gasteiger partial charge is 0.488 e. The topological polar surface area (TPSA) is 144 Å². The maximum atomic E-state index is 14.6. The number of nitrogens with zero attached hydrogens (tertiary/aromatic N) is 8. The third kappa shape index (κ3) is 5.66. The molecule has 5 rings (SSSR count). The Morgan fingerprint density at radius 2 is 2.00 bits per heavy atom. The number of hydrogen-bond donors (Lipinski definition) is 1. The Balaban J connectivity index is 1.47. The summed E-state index contributed by atoms with van der Waals surface area (Å²) in [4.78, 5) is 16.6. The van der Waals surface area contributed by atoms with Gasteiger partial charge in [-0.3, -0.25) is 4.98 Å². The van der Waals surface area contributed by atoms with Gasteiger partial charge < -0.3 is 19.5 Å². The van der Waals surface area contributed by atoms with Crippen LogP contribution in [0.1, 0.15) is 55.8 Å². The highest BCUT2D eigenvalue weighted by Gasteiger charge is 2.27. The van der Waals surface area contributed by atoms with E-state index in [2.05, 4.69) is 26.5 Å². The summed E-state index contributed by atoms with van der Waals surface area (Å²) >= 11 is 0. The van der Waals surface area contributed by atoms with Crippen molar-refractivity contribution in [1.29, 1.82) is 5.26 Å². The van der Waals surface area contributed by atoms with Crippen molar-refractivity contribution in [3.8, 4) is 23.1 Å². The number of carbonyl (C=O) groups is 1. The lowest BCUT2D eigenvalue weighted by atomic mass is 10.0. The van der Waals surface area contributed by atoms with Crippen LogP contribution >= 0.6 is 0 Å². The molecule has 4 aromatic heterocycles. The zero-order chi connectivity index (χ0) is 29.3. The third-order valence-corrected chi connectivity index (χ3v) is 6.95. The van der Waals surface area contributed by atoms with Crippen LogP contribution in [-0.4, -0.2) is 71.5 Å². The third-order valence-electron chi connectivity index (χ3n) is 6.95. The Morgan fingerprint density at radius 1 is 1.24 bits per heavy atom. The molecule has 1 amide bonds. The van der Waals surface area contributed by atoms with Crippen LogP contribution in [0, 0.1) is 29.9 Å². The van der Waals surface area contributed by atoms with Gasteiger partial charge in [-0.2, -0.15) is 10.4 Å². The summed E-state index contributed by atoms with van der Waals surface area (Å²) in [6.45, 7) is 6.06. The Bertz CT molecular complexity index is 1620. The molecule has 14 heteroatoms. The number of halogens is 2. The second-order valence-corrected chi connectivity index (χ2v) is 10.0. The summed E-state index contributed by atoms with van der Waals surface area (Å²) in [5.74, 6) is -1.39. The van der Waals surface area contributed by atoms with E-state index in [1.807, 2.05) is 6.92 Å². The van der Waals surface area contributed by atoms with Crippen molar-refractivity contribution in [2.75, 3.05) is 19.7 Å². The summed E-state index contributed by atoms with van der Waals surface area (Å²) in [6.07, 6.45) is 3.04. The van der Waals surface area contributed by atoms with Crippen LogP contribution in [0.15, 0.2) is 30.7 Å². The molecule has 4 aromatic rings. The molecular weight excluding hydrogens is 538 g/mol. The number of aromatic nitrogens is 6. The van der Waals surface area contributed by atoms with E-state index in [-0.39, 0.29) is 35.8 Å². The molecule has 214 valence electrons. The average molecular weight is 567 g/mol. The smallest absolute Gasteiger partial charge is 0.407 e. The molecule has 1 saturated heterocycles. The predicted octanol–water partition coefficient (Wildman–Crippen LogP) is 4.31. The lowest BCUT2D eigenvalue weighted by Gasteiger charge is -2.30. The molecule has 12 nitrogen and oxygen atoms in total. The zero-order valence-electron chi connectivity index (χ0n) is 22.7. The number of rotatable bonds is 8. The minimum Gasteiger partial charge on any atom is -0.488 e. The van der Waals surface area contributed by atoms with Gasteiger partial charge in [-0.1, -0.05) is 5.21 Å². The van der Waals surface area contributed by atoms with Crippen molar-refractivity contribution in [3.05, 3.63) is 59.3 Å². The first-order chi connectivity index (χ1) is 19.7. The Morgan fingerprint density at radius 3 is 2.66 bits per heavy atom. The molecule has 1 atom stereocenters. The average Bonchev–Trinajstić information content (AvgIpc) is 3.54. The molecule has 0 bridgehead atoms. The van der Waals surface area contributed by atoms with Gasteiger partial charge in [0.05, 0.1) is 30.2 Å². The van der Waals surface area contributed by atoms with E-state index < -0.39 is 23.8 Å². The Labute approximate surface area is 233 Å². The van der Waals surface area contributed by atoms with E-state index in [0.29, 0.717) is 42.7 Å². The van der Waals surface area contributed by atoms with Crippen LogP contribution in [0.2, 0.25) is 0 Å². The van der Waals surface area contributed by atoms with E-state index in [1.165, 1.54) is 15.6 Å². The highest BCUT2D eigenvalue weighted by molar-refractivity contribution is 5.74. The van der Waals surface area contributed by atoms with Crippen LogP contribution in [0.4, 0.5) is 13.6 Å². The van der Waals surface area contributed by atoms with Gasteiger partial charge in [0, 0.05) is 30.9 Å². The number of piperidine rings is 1. The summed E-state index contributed by atoms with van der Waals surface area (Å²) in [5.41, 5.74) is 2.51. The lowest BCUT2D eigenvalue weighted by molar-refractivity contribution is -0.0230. The van der Waals surface area contributed by atoms with Crippen molar-refractivity contribution in [2.45, 2.75) is 51.9 Å². The first kappa shape index (κ1) is 27.9. The fraction of sp³-hybridized carbons (Fsp3) is 0.407. The van der Waals surface area contributed by atoms with Gasteiger partial charge in [-0.25, -0.2) is 22.8 Å². The number of carboxylic acid groups (broad SMARTS) is 1. The minimum absolute atomic E-state index is 0.00626. The van der Waals surface area contributed by atoms with Crippen LogP contribution in [0.5, 0.6) is 5.75 Å². The van der Waals surface area contributed by atoms with Crippen molar-refractivity contribution < 1.29 is 28.2 Å². The summed E-state index contributed by atoms with van der Waals surface area (Å²) in [6, 6.07) is 4.53. The number of likely N-dealkylation sites (tertiary alicyclic amines) is 1. The maximum absolute atomic E-state index is 14.6. The van der Waals surface area contributed by atoms with Crippen LogP contribution in [0.25, 0.3) is 16.8 Å². The van der Waals surface area contributed by atoms with Crippen molar-refractivity contribution >= 4 is 11.6 Å². The number of pyridine rings is 2. The highest BCUT2D eigenvalue weighted by atomic mass is 19.1. The molecule has 1 unspecified atom stereocenters. The van der Waals surface area contributed by atoms with Gasteiger partial charge in [0.15, 0.2) is 0 Å². The van der Waals surface area contributed by atoms with Crippen LogP contribution in [-0.2, 0) is 4.74 Å². The monoisotopic (exact) mass is 566 g/mol. The fourth-order valence-electron chi connectivity index (χ4n) is 5.00. The van der Waals surface area contributed by atoms with Gasteiger partial charge in [-0.15, -0.1) is 5.10 Å². The van der Waals surface area contributed by atoms with Crippen LogP contribution in [0.3, 0.4) is 0 Å². The first-order valence-electron chi connectivity index (χ1n) is 13.1. The zero-order valence-corrected chi connectivity index (χ0v) is 22.7. The standard InChI is InChI=1S/C27H28F2N8O4/c1-15(2)41-23(25-21(29)9-19(28)12-31-25)14-40-22-8-17(13-36-26(22)18(10-30)11-32-36)24-16(3)37(34-33-24)20-4-6-35(7-5-20)27(38)39/h8-9,11-13,15,20,23H,4-7,14H2,1-3H3,(H,38,39). The van der Waals surface area contributed by atoms with E-state index >= 15 is 0 Å². The molecular formula is C27H28F2N8O4. The number of fused-ring (bicyclic) bond motifs is 1. The molecule has 0 aromatic carbocycles. The summed E-state index contributed by atoms with van der Waals surface area (Å²) in [5, 5.41) is 32.0. The number of amides is 1. The quantitative estimate of drug-likeness (QED) is 0.330. The Hall–Kier alpha value is -4.64. The normalized spacial score (nSPS) is 14.9. The van der Waals surface area contributed by atoms with Gasteiger partial charge in [-0.05, 0) is 39.7 Å². The van der Waals surface area contributed by atoms with E-state index in [1.54, 1.807) is 30.8 Å². The molecule has 1 N–H and O–H groups in total. The van der Waals surface area contributed by atoms with Gasteiger partial charge in [0.2, 0.25) is 0 Å².